The van der Waals surface area contributed by atoms with Gasteiger partial charge >= 0.3 is 0 Å². The maximum atomic E-state index is 13.8. The van der Waals surface area contributed by atoms with E-state index >= 15 is 0 Å². The number of hydrogen-bond donors (Lipinski definition) is 3. The number of likely N-dealkylation sites (N-methyl/N-ethyl adjacent to an activating group) is 1. The number of nitrogens with zero attached hydrogens (tertiary/aromatic N) is 2. The highest BCUT2D eigenvalue weighted by molar-refractivity contribution is 6.31. The van der Waals surface area contributed by atoms with Gasteiger partial charge in [-0.05, 0) is 63.3 Å². The first kappa shape index (κ1) is 33.2. The van der Waals surface area contributed by atoms with Crippen LogP contribution < -0.4 is 16.0 Å². The van der Waals surface area contributed by atoms with E-state index in [4.69, 9.17) is 11.6 Å². The summed E-state index contributed by atoms with van der Waals surface area (Å²) in [5, 5.41) is 9.23. The van der Waals surface area contributed by atoms with Crippen LogP contribution in [0.5, 0.6) is 0 Å². The fraction of sp³-hybridized carbons (Fsp3) is 0.471. The smallest absolute Gasteiger partial charge is 0.250 e. The predicted octanol–water partition coefficient (Wildman–Crippen LogP) is 3.73. The Labute approximate surface area is 265 Å². The van der Waals surface area contributed by atoms with Gasteiger partial charge in [0.25, 0.3) is 0 Å². The van der Waals surface area contributed by atoms with Crippen LogP contribution in [0, 0.1) is 12.8 Å². The lowest BCUT2D eigenvalue weighted by Crippen LogP contribution is -2.57. The van der Waals surface area contributed by atoms with Crippen molar-refractivity contribution in [3.8, 4) is 0 Å². The second-order valence-corrected chi connectivity index (χ2v) is 12.2. The molecule has 9 nitrogen and oxygen atoms in total. The molecule has 0 radical (unpaired) electrons. The van der Waals surface area contributed by atoms with Gasteiger partial charge in [0.15, 0.2) is 0 Å². The molecular weight excluding hydrogens is 578 g/mol. The average Bonchev–Trinajstić information content (AvgIpc) is 3.04. The van der Waals surface area contributed by atoms with Crippen LogP contribution in [0.2, 0.25) is 5.02 Å². The molecule has 4 rings (SSSR count). The maximum Gasteiger partial charge on any atom is 0.250 e. The van der Waals surface area contributed by atoms with Gasteiger partial charge in [-0.1, -0.05) is 78.9 Å². The summed E-state index contributed by atoms with van der Waals surface area (Å²) in [4.78, 5) is 56.5. The Morgan fingerprint density at radius 2 is 1.68 bits per heavy atom. The number of benzene rings is 2. The third-order valence-electron chi connectivity index (χ3n) is 8.67. The van der Waals surface area contributed by atoms with E-state index in [1.165, 1.54) is 4.90 Å². The van der Waals surface area contributed by atoms with E-state index in [2.05, 4.69) is 16.0 Å². The van der Waals surface area contributed by atoms with Gasteiger partial charge in [-0.15, -0.1) is 0 Å². The number of halogens is 1. The molecule has 3 atom stereocenters. The summed E-state index contributed by atoms with van der Waals surface area (Å²) in [6.07, 6.45) is 8.92. The largest absolute Gasteiger partial charge is 0.345 e. The molecule has 1 saturated carbocycles. The molecule has 2 aliphatic rings. The molecule has 0 saturated heterocycles. The van der Waals surface area contributed by atoms with Crippen LogP contribution in [0.3, 0.4) is 0 Å². The van der Waals surface area contributed by atoms with Crippen LogP contribution >= 0.6 is 11.6 Å². The normalized spacial score (nSPS) is 18.5. The van der Waals surface area contributed by atoms with Crippen molar-refractivity contribution in [2.24, 2.45) is 5.92 Å². The lowest BCUT2D eigenvalue weighted by atomic mass is 9.83. The maximum absolute atomic E-state index is 13.8. The zero-order chi connectivity index (χ0) is 31.6. The van der Waals surface area contributed by atoms with E-state index < -0.39 is 24.0 Å². The van der Waals surface area contributed by atoms with Crippen molar-refractivity contribution in [1.82, 2.24) is 25.8 Å². The number of aryl methyl sites for hydroxylation is 1. The van der Waals surface area contributed by atoms with Gasteiger partial charge in [-0.3, -0.25) is 19.2 Å². The highest BCUT2D eigenvalue weighted by atomic mass is 35.5. The third-order valence-corrected chi connectivity index (χ3v) is 9.04. The van der Waals surface area contributed by atoms with Gasteiger partial charge in [0.2, 0.25) is 23.6 Å². The molecule has 0 bridgehead atoms. The zero-order valence-electron chi connectivity index (χ0n) is 25.9. The fourth-order valence-corrected chi connectivity index (χ4v) is 6.03. The Hall–Kier alpha value is -3.69. The summed E-state index contributed by atoms with van der Waals surface area (Å²) < 4.78 is 0. The standard InChI is InChI=1S/C34H44ClN5O4/c1-23-13-15-25(16-14-23)21-29-34(44)39(18-17-26-9-7-8-12-28(26)35)19-20-40(29)30(41)22-37-33(43)31(27-10-5-4-6-11-27)38-32(42)24(2)36-3/h7-9,12-16,19-20,24,27,29,31,36H,4-6,10-11,17-18,21-22H2,1-3H3,(H,37,43)(H,38,42)/t24-,29-,31-/m0/s1. The summed E-state index contributed by atoms with van der Waals surface area (Å²) in [7, 11) is 1.69. The lowest BCUT2D eigenvalue weighted by molar-refractivity contribution is -0.143. The summed E-state index contributed by atoms with van der Waals surface area (Å²) >= 11 is 6.34. The van der Waals surface area contributed by atoms with Crippen LogP contribution in [-0.2, 0) is 32.0 Å². The van der Waals surface area contributed by atoms with Crippen molar-refractivity contribution in [1.29, 1.82) is 0 Å². The van der Waals surface area contributed by atoms with Crippen molar-refractivity contribution >= 4 is 35.2 Å². The summed E-state index contributed by atoms with van der Waals surface area (Å²) in [5.41, 5.74) is 2.97. The van der Waals surface area contributed by atoms with E-state index in [1.54, 1.807) is 31.3 Å². The highest BCUT2D eigenvalue weighted by Crippen LogP contribution is 2.27. The molecule has 3 N–H and O–H groups in total. The first-order valence-corrected chi connectivity index (χ1v) is 15.9. The molecule has 10 heteroatoms. The molecule has 0 unspecified atom stereocenters. The molecule has 4 amide bonds. The molecule has 0 spiro atoms. The first-order chi connectivity index (χ1) is 21.2. The van der Waals surface area contributed by atoms with Crippen molar-refractivity contribution in [2.75, 3.05) is 20.1 Å². The number of nitrogens with one attached hydrogen (secondary N) is 3. The number of carbonyl (C=O) groups excluding carboxylic acids is 4. The Morgan fingerprint density at radius 1 is 0.977 bits per heavy atom. The minimum absolute atomic E-state index is 0.00396. The SMILES string of the molecule is CN[C@@H](C)C(=O)N[C@H](C(=O)NCC(=O)N1C=CN(CCc2ccccc2Cl)C(=O)[C@@H]1Cc1ccc(C)cc1)C1CCCCC1. The van der Waals surface area contributed by atoms with E-state index in [-0.39, 0.29) is 30.2 Å². The molecule has 1 aliphatic heterocycles. The van der Waals surface area contributed by atoms with Crippen LogP contribution in [0.4, 0.5) is 0 Å². The molecule has 1 aliphatic carbocycles. The van der Waals surface area contributed by atoms with Crippen molar-refractivity contribution < 1.29 is 19.2 Å². The van der Waals surface area contributed by atoms with Gasteiger partial charge < -0.3 is 25.8 Å². The highest BCUT2D eigenvalue weighted by Gasteiger charge is 2.36. The van der Waals surface area contributed by atoms with E-state index in [9.17, 15) is 19.2 Å². The van der Waals surface area contributed by atoms with E-state index in [1.807, 2.05) is 55.5 Å². The van der Waals surface area contributed by atoms with Crippen molar-refractivity contribution in [3.63, 3.8) is 0 Å². The Bertz CT molecular complexity index is 1340. The monoisotopic (exact) mass is 621 g/mol. The lowest BCUT2D eigenvalue weighted by Gasteiger charge is -2.36. The molecule has 2 aromatic rings. The minimum Gasteiger partial charge on any atom is -0.345 e. The molecule has 236 valence electrons. The third kappa shape index (κ3) is 8.70. The topological polar surface area (TPSA) is 111 Å². The second kappa shape index (κ2) is 15.9. The zero-order valence-corrected chi connectivity index (χ0v) is 26.6. The Kier molecular flexibility index (Phi) is 12.0. The van der Waals surface area contributed by atoms with Crippen LogP contribution in [0.1, 0.15) is 55.7 Å². The van der Waals surface area contributed by atoms with E-state index in [0.717, 1.165) is 48.8 Å². The molecule has 0 aromatic heterocycles. The Morgan fingerprint density at radius 3 is 2.36 bits per heavy atom. The fourth-order valence-electron chi connectivity index (χ4n) is 5.80. The first-order valence-electron chi connectivity index (χ1n) is 15.5. The number of amides is 4. The van der Waals surface area contributed by atoms with Gasteiger partial charge in [0, 0.05) is 30.4 Å². The molecular formula is C34H44ClN5O4. The number of rotatable bonds is 12. The molecule has 1 fully saturated rings. The van der Waals surface area contributed by atoms with Gasteiger partial charge in [0.1, 0.15) is 12.1 Å². The number of hydrogen-bond acceptors (Lipinski definition) is 5. The van der Waals surface area contributed by atoms with Crippen molar-refractivity contribution in [3.05, 3.63) is 82.6 Å². The minimum atomic E-state index is -0.774. The average molecular weight is 622 g/mol. The van der Waals surface area contributed by atoms with Crippen LogP contribution in [-0.4, -0.2) is 71.7 Å². The van der Waals surface area contributed by atoms with E-state index in [0.29, 0.717) is 24.4 Å². The van der Waals surface area contributed by atoms with Gasteiger partial charge in [-0.25, -0.2) is 0 Å². The van der Waals surface area contributed by atoms with Crippen LogP contribution in [0.15, 0.2) is 60.9 Å². The van der Waals surface area contributed by atoms with Gasteiger partial charge in [0.05, 0.1) is 12.6 Å². The predicted molar refractivity (Wildman–Crippen MR) is 172 cm³/mol. The molecule has 44 heavy (non-hydrogen) atoms. The molecule has 2 aromatic carbocycles. The van der Waals surface area contributed by atoms with Crippen molar-refractivity contribution in [2.45, 2.75) is 76.9 Å². The number of carbonyl (C=O) groups is 4. The Balaban J connectivity index is 1.48. The summed E-state index contributed by atoms with van der Waals surface area (Å²) in [5.74, 6) is -1.24. The summed E-state index contributed by atoms with van der Waals surface area (Å²) in [6.45, 7) is 3.85. The van der Waals surface area contributed by atoms with Gasteiger partial charge in [-0.2, -0.15) is 0 Å². The second-order valence-electron chi connectivity index (χ2n) is 11.8. The quantitative estimate of drug-likeness (QED) is 0.335. The molecule has 1 heterocycles. The summed E-state index contributed by atoms with van der Waals surface area (Å²) in [6, 6.07) is 13.5. The van der Waals surface area contributed by atoms with Crippen LogP contribution in [0.25, 0.3) is 0 Å².